The smallest absolute Gasteiger partial charge is 0.180 e. The molecule has 1 aromatic heterocycles. The number of nitrogen functional groups attached to an aromatic ring is 2. The molecule has 0 fully saturated rings. The lowest BCUT2D eigenvalue weighted by molar-refractivity contribution is 0.877. The Bertz CT molecular complexity index is 203. The highest BCUT2D eigenvalue weighted by Gasteiger charge is 2.00. The highest BCUT2D eigenvalue weighted by Crippen LogP contribution is 2.16. The minimum absolute atomic E-state index is 0.0856. The molecule has 48 valence electrons. The lowest BCUT2D eigenvalue weighted by Crippen LogP contribution is -2.02. The first-order valence-corrected chi connectivity index (χ1v) is 2.49. The highest BCUT2D eigenvalue weighted by atomic mass is 35.5. The van der Waals surface area contributed by atoms with E-state index in [1.807, 2.05) is 0 Å². The van der Waals surface area contributed by atoms with Gasteiger partial charge in [-0.05, 0) is 5.21 Å². The van der Waals surface area contributed by atoms with Crippen LogP contribution >= 0.6 is 11.6 Å². The summed E-state index contributed by atoms with van der Waals surface area (Å²) >= 11 is 5.40. The average molecular weight is 146 g/mol. The van der Waals surface area contributed by atoms with Crippen molar-refractivity contribution in [3.05, 3.63) is 5.15 Å². The Hall–Kier alpha value is -1.10. The van der Waals surface area contributed by atoms with Crippen molar-refractivity contribution in [3.8, 4) is 0 Å². The summed E-state index contributed by atoms with van der Waals surface area (Å²) in [6.07, 6.45) is 0. The van der Waals surface area contributed by atoms with Crippen LogP contribution in [0, 0.1) is 0 Å². The van der Waals surface area contributed by atoms with E-state index in [1.54, 1.807) is 0 Å². The summed E-state index contributed by atoms with van der Waals surface area (Å²) in [5.41, 5.74) is 10.6. The third-order valence-corrected chi connectivity index (χ3v) is 1.06. The fourth-order valence-corrected chi connectivity index (χ4v) is 0.454. The molecule has 1 aromatic rings. The Morgan fingerprint density at radius 1 is 1.22 bits per heavy atom. The van der Waals surface area contributed by atoms with Crippen molar-refractivity contribution in [1.29, 1.82) is 0 Å². The molecule has 0 aliphatic carbocycles. The predicted octanol–water partition coefficient (Wildman–Crippen LogP) is -0.311. The SMILES string of the molecule is Nc1nnnc(Cl)c1N. The van der Waals surface area contributed by atoms with Gasteiger partial charge in [-0.2, -0.15) is 0 Å². The molecule has 0 aliphatic heterocycles. The van der Waals surface area contributed by atoms with Crippen LogP contribution in [0.5, 0.6) is 0 Å². The van der Waals surface area contributed by atoms with Crippen LogP contribution in [0.15, 0.2) is 0 Å². The third-order valence-electron chi connectivity index (χ3n) is 0.783. The first-order chi connectivity index (χ1) is 4.22. The molecule has 0 radical (unpaired) electrons. The maximum atomic E-state index is 5.40. The molecular formula is C3H4ClN5. The van der Waals surface area contributed by atoms with Crippen LogP contribution in [0.1, 0.15) is 0 Å². The average Bonchev–Trinajstić information content (AvgIpc) is 1.83. The van der Waals surface area contributed by atoms with Crippen LogP contribution in [0.3, 0.4) is 0 Å². The summed E-state index contributed by atoms with van der Waals surface area (Å²) in [6.45, 7) is 0. The van der Waals surface area contributed by atoms with Crippen LogP contribution in [0.2, 0.25) is 5.15 Å². The Labute approximate surface area is 56.0 Å². The molecule has 0 atom stereocenters. The fourth-order valence-electron chi connectivity index (χ4n) is 0.323. The van der Waals surface area contributed by atoms with E-state index in [4.69, 9.17) is 23.1 Å². The van der Waals surface area contributed by atoms with Gasteiger partial charge in [0.2, 0.25) is 0 Å². The van der Waals surface area contributed by atoms with Gasteiger partial charge in [0.1, 0.15) is 5.69 Å². The van der Waals surface area contributed by atoms with Crippen molar-refractivity contribution >= 4 is 23.1 Å². The predicted molar refractivity (Wildman–Crippen MR) is 33.7 cm³/mol. The normalized spacial score (nSPS) is 9.44. The summed E-state index contributed by atoms with van der Waals surface area (Å²) in [7, 11) is 0. The molecule has 0 spiro atoms. The quantitative estimate of drug-likeness (QED) is 0.523. The van der Waals surface area contributed by atoms with Gasteiger partial charge in [-0.3, -0.25) is 0 Å². The molecule has 0 saturated heterocycles. The first-order valence-electron chi connectivity index (χ1n) is 2.11. The molecule has 0 aliphatic rings. The third kappa shape index (κ3) is 0.996. The van der Waals surface area contributed by atoms with E-state index in [0.29, 0.717) is 0 Å². The van der Waals surface area contributed by atoms with Crippen LogP contribution < -0.4 is 11.5 Å². The van der Waals surface area contributed by atoms with Crippen molar-refractivity contribution in [2.45, 2.75) is 0 Å². The lowest BCUT2D eigenvalue weighted by atomic mass is 10.5. The minimum Gasteiger partial charge on any atom is -0.393 e. The van der Waals surface area contributed by atoms with E-state index in [-0.39, 0.29) is 16.7 Å². The van der Waals surface area contributed by atoms with Crippen LogP contribution in [-0.4, -0.2) is 15.4 Å². The monoisotopic (exact) mass is 145 g/mol. The minimum atomic E-state index is 0.0856. The molecular weight excluding hydrogens is 142 g/mol. The second-order valence-corrected chi connectivity index (χ2v) is 1.74. The molecule has 4 N–H and O–H groups in total. The van der Waals surface area contributed by atoms with Crippen molar-refractivity contribution in [2.75, 3.05) is 11.5 Å². The van der Waals surface area contributed by atoms with E-state index in [0.717, 1.165) is 0 Å². The Morgan fingerprint density at radius 3 is 2.33 bits per heavy atom. The van der Waals surface area contributed by atoms with E-state index >= 15 is 0 Å². The second kappa shape index (κ2) is 2.02. The molecule has 5 nitrogen and oxygen atoms in total. The molecule has 1 rings (SSSR count). The van der Waals surface area contributed by atoms with Gasteiger partial charge in [0, 0.05) is 0 Å². The number of rotatable bonds is 0. The number of halogens is 1. The first kappa shape index (κ1) is 6.03. The maximum Gasteiger partial charge on any atom is 0.180 e. The molecule has 0 bridgehead atoms. The standard InChI is InChI=1S/C3H4ClN5/c4-2-1(5)3(6)8-9-7-2/h(H2,5,9)(H2,6,7,8). The zero-order valence-corrected chi connectivity index (χ0v) is 5.13. The van der Waals surface area contributed by atoms with E-state index in [2.05, 4.69) is 15.4 Å². The van der Waals surface area contributed by atoms with Gasteiger partial charge in [-0.15, -0.1) is 10.2 Å². The summed E-state index contributed by atoms with van der Waals surface area (Å²) in [5, 5.41) is 9.98. The van der Waals surface area contributed by atoms with Crippen LogP contribution in [-0.2, 0) is 0 Å². The molecule has 1 heterocycles. The topological polar surface area (TPSA) is 90.7 Å². The zero-order chi connectivity index (χ0) is 6.85. The molecule has 9 heavy (non-hydrogen) atoms. The summed E-state index contributed by atoms with van der Waals surface area (Å²) < 4.78 is 0. The highest BCUT2D eigenvalue weighted by molar-refractivity contribution is 6.32. The fraction of sp³-hybridized carbons (Fsp3) is 0. The Morgan fingerprint density at radius 2 is 1.89 bits per heavy atom. The molecule has 0 aromatic carbocycles. The summed E-state index contributed by atoms with van der Waals surface area (Å²) in [4.78, 5) is 0. The number of aromatic nitrogens is 3. The van der Waals surface area contributed by atoms with Crippen molar-refractivity contribution < 1.29 is 0 Å². The number of nitrogens with two attached hydrogens (primary N) is 2. The lowest BCUT2D eigenvalue weighted by Gasteiger charge is -1.94. The molecule has 6 heteroatoms. The number of hydrogen-bond donors (Lipinski definition) is 2. The van der Waals surface area contributed by atoms with Crippen molar-refractivity contribution in [2.24, 2.45) is 0 Å². The van der Waals surface area contributed by atoms with Gasteiger partial charge in [0.15, 0.2) is 11.0 Å². The van der Waals surface area contributed by atoms with Gasteiger partial charge >= 0.3 is 0 Å². The Kier molecular flexibility index (Phi) is 1.35. The number of anilines is 2. The largest absolute Gasteiger partial charge is 0.393 e. The van der Waals surface area contributed by atoms with Crippen molar-refractivity contribution in [1.82, 2.24) is 15.4 Å². The van der Waals surface area contributed by atoms with Crippen molar-refractivity contribution in [3.63, 3.8) is 0 Å². The summed E-state index contributed by atoms with van der Waals surface area (Å²) in [5.74, 6) is 0.106. The van der Waals surface area contributed by atoms with Gasteiger partial charge in [0.25, 0.3) is 0 Å². The molecule has 0 amide bonds. The van der Waals surface area contributed by atoms with E-state index in [1.165, 1.54) is 0 Å². The Balaban J connectivity index is 3.25. The van der Waals surface area contributed by atoms with Crippen LogP contribution in [0.25, 0.3) is 0 Å². The second-order valence-electron chi connectivity index (χ2n) is 1.38. The van der Waals surface area contributed by atoms with Gasteiger partial charge in [-0.1, -0.05) is 11.6 Å². The van der Waals surface area contributed by atoms with Crippen LogP contribution in [0.4, 0.5) is 11.5 Å². The maximum absolute atomic E-state index is 5.40. The van der Waals surface area contributed by atoms with E-state index in [9.17, 15) is 0 Å². The number of nitrogens with zero attached hydrogens (tertiary/aromatic N) is 3. The van der Waals surface area contributed by atoms with Gasteiger partial charge < -0.3 is 11.5 Å². The summed E-state index contributed by atoms with van der Waals surface area (Å²) in [6, 6.07) is 0. The number of hydrogen-bond acceptors (Lipinski definition) is 5. The van der Waals surface area contributed by atoms with Gasteiger partial charge in [0.05, 0.1) is 0 Å². The zero-order valence-electron chi connectivity index (χ0n) is 4.37. The van der Waals surface area contributed by atoms with Gasteiger partial charge in [-0.25, -0.2) is 0 Å². The molecule has 0 saturated carbocycles. The van der Waals surface area contributed by atoms with E-state index < -0.39 is 0 Å². The molecule has 0 unspecified atom stereocenters.